The largest absolute Gasteiger partial charge is 0.494 e. The Bertz CT molecular complexity index is 707. The van der Waals surface area contributed by atoms with Gasteiger partial charge in [-0.2, -0.15) is 0 Å². The van der Waals surface area contributed by atoms with Crippen molar-refractivity contribution in [2.24, 2.45) is 0 Å². The Morgan fingerprint density at radius 1 is 1.32 bits per heavy atom. The fraction of sp³-hybridized carbons (Fsp3) is 0.312. The smallest absolute Gasteiger partial charge is 0.257 e. The van der Waals surface area contributed by atoms with E-state index in [1.165, 1.54) is 11.3 Å². The first-order chi connectivity index (χ1) is 10.7. The minimum absolute atomic E-state index is 0.125. The first kappa shape index (κ1) is 14.7. The number of anilines is 1. The van der Waals surface area contributed by atoms with Crippen LogP contribution in [-0.4, -0.2) is 23.3 Å². The van der Waals surface area contributed by atoms with Gasteiger partial charge in [-0.05, 0) is 44.0 Å². The first-order valence-electron chi connectivity index (χ1n) is 7.24. The van der Waals surface area contributed by atoms with E-state index in [0.717, 1.165) is 24.3 Å². The van der Waals surface area contributed by atoms with Gasteiger partial charge in [0.05, 0.1) is 17.2 Å². The topological polar surface area (TPSA) is 68.3 Å². The number of Topliss-reactive ketones (excluding diaryl/α,β-unsaturated/α-hetero) is 1. The Labute approximate surface area is 132 Å². The van der Waals surface area contributed by atoms with Crippen molar-refractivity contribution < 1.29 is 14.3 Å². The number of nitrogens with zero attached hydrogens (tertiary/aromatic N) is 1. The van der Waals surface area contributed by atoms with Crippen LogP contribution < -0.4 is 10.1 Å². The fourth-order valence-electron chi connectivity index (χ4n) is 2.36. The molecule has 114 valence electrons. The predicted molar refractivity (Wildman–Crippen MR) is 84.9 cm³/mol. The summed E-state index contributed by atoms with van der Waals surface area (Å²) in [5.41, 5.74) is 1.34. The molecule has 0 bridgehead atoms. The van der Waals surface area contributed by atoms with Crippen LogP contribution in [0.15, 0.2) is 24.3 Å². The molecule has 0 saturated carbocycles. The van der Waals surface area contributed by atoms with E-state index in [9.17, 15) is 9.59 Å². The molecule has 1 N–H and O–H groups in total. The van der Waals surface area contributed by atoms with Crippen molar-refractivity contribution in [1.29, 1.82) is 0 Å². The third-order valence-electron chi connectivity index (χ3n) is 3.42. The van der Waals surface area contributed by atoms with E-state index in [0.29, 0.717) is 28.6 Å². The number of ether oxygens (including phenoxy) is 1. The van der Waals surface area contributed by atoms with Gasteiger partial charge in [-0.15, -0.1) is 0 Å². The summed E-state index contributed by atoms with van der Waals surface area (Å²) in [6, 6.07) is 6.93. The number of hydrogen-bond donors (Lipinski definition) is 1. The monoisotopic (exact) mass is 316 g/mol. The molecule has 5 nitrogen and oxygen atoms in total. The van der Waals surface area contributed by atoms with Gasteiger partial charge in [0.25, 0.3) is 5.91 Å². The Hall–Kier alpha value is -2.21. The quantitative estimate of drug-likeness (QED) is 0.939. The number of hydrogen-bond acceptors (Lipinski definition) is 5. The molecule has 3 rings (SSSR count). The minimum Gasteiger partial charge on any atom is -0.494 e. The zero-order valence-corrected chi connectivity index (χ0v) is 13.0. The molecule has 1 aromatic heterocycles. The normalized spacial score (nSPS) is 13.6. The second-order valence-electron chi connectivity index (χ2n) is 4.98. The van der Waals surface area contributed by atoms with Crippen molar-refractivity contribution in [3.05, 3.63) is 40.4 Å². The van der Waals surface area contributed by atoms with Crippen LogP contribution in [0, 0.1) is 0 Å². The van der Waals surface area contributed by atoms with Crippen LogP contribution in [0.25, 0.3) is 0 Å². The Morgan fingerprint density at radius 2 is 2.09 bits per heavy atom. The molecule has 2 aromatic rings. The summed E-state index contributed by atoms with van der Waals surface area (Å²) < 4.78 is 5.35. The molecule has 1 aliphatic rings. The highest BCUT2D eigenvalue weighted by Gasteiger charge is 2.22. The number of aryl methyl sites for hydroxylation is 1. The van der Waals surface area contributed by atoms with E-state index in [2.05, 4.69) is 10.3 Å². The second-order valence-corrected chi connectivity index (χ2v) is 5.98. The molecule has 0 atom stereocenters. The highest BCUT2D eigenvalue weighted by Crippen LogP contribution is 2.29. The molecular weight excluding hydrogens is 300 g/mol. The van der Waals surface area contributed by atoms with Gasteiger partial charge in [-0.3, -0.25) is 14.9 Å². The molecule has 1 amide bonds. The van der Waals surface area contributed by atoms with Crippen molar-refractivity contribution in [2.45, 2.75) is 26.2 Å². The van der Waals surface area contributed by atoms with Crippen LogP contribution in [0.3, 0.4) is 0 Å². The molecule has 0 spiro atoms. The number of benzene rings is 1. The molecule has 0 unspecified atom stereocenters. The summed E-state index contributed by atoms with van der Waals surface area (Å²) in [6.07, 6.45) is 2.21. The number of carbonyl (C=O) groups excluding carboxylic acids is 2. The van der Waals surface area contributed by atoms with Gasteiger partial charge in [0.1, 0.15) is 5.75 Å². The highest BCUT2D eigenvalue weighted by molar-refractivity contribution is 7.17. The van der Waals surface area contributed by atoms with Crippen LogP contribution in [0.4, 0.5) is 5.13 Å². The van der Waals surface area contributed by atoms with E-state index >= 15 is 0 Å². The lowest BCUT2D eigenvalue weighted by Gasteiger charge is -2.05. The van der Waals surface area contributed by atoms with Crippen LogP contribution in [0.2, 0.25) is 0 Å². The number of rotatable bonds is 4. The predicted octanol–water partition coefficient (Wildman–Crippen LogP) is 3.31. The van der Waals surface area contributed by atoms with Crippen LogP contribution >= 0.6 is 11.3 Å². The summed E-state index contributed by atoms with van der Waals surface area (Å²) in [6.45, 7) is 2.50. The average molecular weight is 316 g/mol. The summed E-state index contributed by atoms with van der Waals surface area (Å²) in [5, 5.41) is 3.25. The number of carbonyl (C=O) groups is 2. The van der Waals surface area contributed by atoms with E-state index in [4.69, 9.17) is 4.74 Å². The van der Waals surface area contributed by atoms with Crippen molar-refractivity contribution in [3.63, 3.8) is 0 Å². The SMILES string of the molecule is CCOc1ccc(C(=O)Nc2nc3c(s2)C(=O)CCC3)cc1. The van der Waals surface area contributed by atoms with Gasteiger partial charge in [0.2, 0.25) is 0 Å². The molecule has 0 fully saturated rings. The van der Waals surface area contributed by atoms with Gasteiger partial charge in [-0.25, -0.2) is 4.98 Å². The fourth-order valence-corrected chi connectivity index (χ4v) is 3.34. The zero-order chi connectivity index (χ0) is 15.5. The summed E-state index contributed by atoms with van der Waals surface area (Å²) in [5.74, 6) is 0.622. The van der Waals surface area contributed by atoms with Crippen LogP contribution in [-0.2, 0) is 6.42 Å². The van der Waals surface area contributed by atoms with Crippen molar-refractivity contribution in [2.75, 3.05) is 11.9 Å². The Morgan fingerprint density at radius 3 is 2.77 bits per heavy atom. The van der Waals surface area contributed by atoms with Gasteiger partial charge < -0.3 is 4.74 Å². The molecule has 0 aliphatic heterocycles. The molecule has 1 aliphatic carbocycles. The van der Waals surface area contributed by atoms with E-state index in [1.807, 2.05) is 6.92 Å². The molecular formula is C16H16N2O3S. The van der Waals surface area contributed by atoms with Gasteiger partial charge in [-0.1, -0.05) is 11.3 Å². The number of nitrogens with one attached hydrogen (secondary N) is 1. The highest BCUT2D eigenvalue weighted by atomic mass is 32.1. The molecule has 0 saturated heterocycles. The molecule has 6 heteroatoms. The third kappa shape index (κ3) is 3.01. The molecule has 1 heterocycles. The van der Waals surface area contributed by atoms with Crippen LogP contribution in [0.1, 0.15) is 45.5 Å². The lowest BCUT2D eigenvalue weighted by Crippen LogP contribution is -2.11. The first-order valence-corrected chi connectivity index (χ1v) is 8.06. The summed E-state index contributed by atoms with van der Waals surface area (Å²) in [4.78, 5) is 29.0. The average Bonchev–Trinajstić information content (AvgIpc) is 2.92. The van der Waals surface area contributed by atoms with Crippen molar-refractivity contribution in [1.82, 2.24) is 4.98 Å². The maximum atomic E-state index is 12.2. The number of amides is 1. The molecule has 1 aromatic carbocycles. The number of ketones is 1. The number of thiazole rings is 1. The minimum atomic E-state index is -0.235. The maximum absolute atomic E-state index is 12.2. The van der Waals surface area contributed by atoms with Crippen molar-refractivity contribution in [3.8, 4) is 5.75 Å². The van der Waals surface area contributed by atoms with E-state index in [1.54, 1.807) is 24.3 Å². The van der Waals surface area contributed by atoms with Gasteiger partial charge >= 0.3 is 0 Å². The Kier molecular flexibility index (Phi) is 4.20. The lowest BCUT2D eigenvalue weighted by molar-refractivity contribution is 0.0975. The van der Waals surface area contributed by atoms with Gasteiger partial charge in [0, 0.05) is 12.0 Å². The molecule has 0 radical (unpaired) electrons. The zero-order valence-electron chi connectivity index (χ0n) is 12.2. The van der Waals surface area contributed by atoms with E-state index in [-0.39, 0.29) is 11.7 Å². The molecule has 22 heavy (non-hydrogen) atoms. The Balaban J connectivity index is 1.72. The lowest BCUT2D eigenvalue weighted by atomic mass is 10.0. The van der Waals surface area contributed by atoms with Crippen molar-refractivity contribution >= 4 is 28.2 Å². The van der Waals surface area contributed by atoms with E-state index < -0.39 is 0 Å². The standard InChI is InChI=1S/C16H16N2O3S/c1-2-21-11-8-6-10(7-9-11)15(20)18-16-17-12-4-3-5-13(19)14(12)22-16/h6-9H,2-5H2,1H3,(H,17,18,20). The number of fused-ring (bicyclic) bond motifs is 1. The summed E-state index contributed by atoms with van der Waals surface area (Å²) >= 11 is 1.26. The second kappa shape index (κ2) is 6.27. The third-order valence-corrected chi connectivity index (χ3v) is 4.47. The maximum Gasteiger partial charge on any atom is 0.257 e. The van der Waals surface area contributed by atoms with Gasteiger partial charge in [0.15, 0.2) is 10.9 Å². The summed E-state index contributed by atoms with van der Waals surface area (Å²) in [7, 11) is 0. The van der Waals surface area contributed by atoms with Crippen LogP contribution in [0.5, 0.6) is 5.75 Å². The number of aromatic nitrogens is 1.